The molecule has 34 heavy (non-hydrogen) atoms. The normalized spacial score (nSPS) is 16.5. The number of carbonyl (C=O) groups excluding carboxylic acids is 1. The first-order valence-corrected chi connectivity index (χ1v) is 11.2. The van der Waals surface area contributed by atoms with Crippen molar-refractivity contribution in [2.75, 3.05) is 6.61 Å². The van der Waals surface area contributed by atoms with Crippen LogP contribution in [0.4, 0.5) is 5.69 Å². The number of carbonyl (C=O) groups is 1. The second-order valence-electron chi connectivity index (χ2n) is 8.25. The summed E-state index contributed by atoms with van der Waals surface area (Å²) in [5, 5.41) is 10.0. The van der Waals surface area contributed by atoms with E-state index in [1.165, 1.54) is 0 Å². The lowest BCUT2D eigenvalue weighted by atomic mass is 9.81. The van der Waals surface area contributed by atoms with Crippen molar-refractivity contribution >= 4 is 34.1 Å². The van der Waals surface area contributed by atoms with E-state index in [-0.39, 0.29) is 6.61 Å². The number of hydrogen-bond donors (Lipinski definition) is 1. The van der Waals surface area contributed by atoms with Gasteiger partial charge in [0.1, 0.15) is 12.0 Å². The summed E-state index contributed by atoms with van der Waals surface area (Å²) in [5.41, 5.74) is 14.3. The Kier molecular flexibility index (Phi) is 5.35. The van der Waals surface area contributed by atoms with Gasteiger partial charge >= 0.3 is 5.97 Å². The summed E-state index contributed by atoms with van der Waals surface area (Å²) in [6, 6.07) is 25.5. The van der Waals surface area contributed by atoms with Crippen LogP contribution in [0.5, 0.6) is 0 Å². The van der Waals surface area contributed by atoms with Gasteiger partial charge in [0.05, 0.1) is 29.3 Å². The number of nitrogens with two attached hydrogens (primary N) is 1. The minimum atomic E-state index is -0.822. The van der Waals surface area contributed by atoms with Gasteiger partial charge in [-0.2, -0.15) is 5.26 Å². The van der Waals surface area contributed by atoms with Crippen molar-refractivity contribution in [2.24, 2.45) is 16.6 Å². The highest BCUT2D eigenvalue weighted by Crippen LogP contribution is 2.52. The molecule has 5 rings (SSSR count). The third-order valence-electron chi connectivity index (χ3n) is 6.29. The summed E-state index contributed by atoms with van der Waals surface area (Å²) in [7, 11) is 0. The smallest absolute Gasteiger partial charge is 0.319 e. The predicted molar refractivity (Wildman–Crippen MR) is 134 cm³/mol. The van der Waals surface area contributed by atoms with Crippen molar-refractivity contribution in [2.45, 2.75) is 13.8 Å². The van der Waals surface area contributed by atoms with Gasteiger partial charge in [-0.3, -0.25) is 9.79 Å². The Hall–Kier alpha value is -4.43. The van der Waals surface area contributed by atoms with Crippen molar-refractivity contribution in [1.82, 2.24) is 0 Å². The summed E-state index contributed by atoms with van der Waals surface area (Å²) >= 11 is 0. The maximum Gasteiger partial charge on any atom is 0.319 e. The zero-order valence-electron chi connectivity index (χ0n) is 19.0. The fraction of sp³-hybridized carbons (Fsp3) is 0.138. The lowest BCUT2D eigenvalue weighted by molar-refractivity contribution is -0.143. The first kappa shape index (κ1) is 21.4. The van der Waals surface area contributed by atoms with Gasteiger partial charge in [-0.1, -0.05) is 66.7 Å². The fourth-order valence-corrected chi connectivity index (χ4v) is 4.85. The van der Waals surface area contributed by atoms with Crippen LogP contribution in [-0.2, 0) is 9.53 Å². The van der Waals surface area contributed by atoms with E-state index < -0.39 is 11.9 Å². The first-order valence-electron chi connectivity index (χ1n) is 11.2. The summed E-state index contributed by atoms with van der Waals surface area (Å²) < 4.78 is 5.59. The van der Waals surface area contributed by atoms with Crippen LogP contribution in [0, 0.1) is 24.2 Å². The number of ether oxygens (including phenoxy) is 1. The maximum absolute atomic E-state index is 13.6. The van der Waals surface area contributed by atoms with Crippen molar-refractivity contribution < 1.29 is 9.53 Å². The Balaban J connectivity index is 1.96. The number of esters is 1. The van der Waals surface area contributed by atoms with E-state index in [2.05, 4.69) is 6.07 Å². The third kappa shape index (κ3) is 3.23. The van der Waals surface area contributed by atoms with E-state index in [1.54, 1.807) is 6.92 Å². The number of benzene rings is 3. The van der Waals surface area contributed by atoms with E-state index in [0.29, 0.717) is 33.8 Å². The number of allylic oxidation sites excluding steroid dienone is 2. The van der Waals surface area contributed by atoms with Gasteiger partial charge in [0.2, 0.25) is 0 Å². The molecule has 2 N–H and O–H groups in total. The SMILES string of the molecule is CCOC(=O)C1C(c2ccccc2)=Nc2ccc(C)c3c2C(=C1c1ccccc1)C(N)=C3C#N. The van der Waals surface area contributed by atoms with Crippen LogP contribution < -0.4 is 5.73 Å². The molecular weight excluding hydrogens is 422 g/mol. The molecule has 1 aliphatic heterocycles. The highest BCUT2D eigenvalue weighted by atomic mass is 16.5. The monoisotopic (exact) mass is 445 g/mol. The van der Waals surface area contributed by atoms with E-state index >= 15 is 0 Å². The van der Waals surface area contributed by atoms with Gasteiger partial charge < -0.3 is 10.5 Å². The van der Waals surface area contributed by atoms with Gasteiger partial charge in [-0.25, -0.2) is 0 Å². The van der Waals surface area contributed by atoms with Crippen LogP contribution in [0.15, 0.2) is 83.5 Å². The van der Waals surface area contributed by atoms with E-state index in [1.807, 2.05) is 79.7 Å². The number of nitriles is 1. The molecule has 3 aromatic carbocycles. The van der Waals surface area contributed by atoms with Crippen LogP contribution in [0.3, 0.4) is 0 Å². The maximum atomic E-state index is 13.6. The average Bonchev–Trinajstić information content (AvgIpc) is 3.06. The summed E-state index contributed by atoms with van der Waals surface area (Å²) in [6.45, 7) is 3.99. The molecule has 1 unspecified atom stereocenters. The lowest BCUT2D eigenvalue weighted by Crippen LogP contribution is -2.29. The molecule has 0 bridgehead atoms. The van der Waals surface area contributed by atoms with Crippen molar-refractivity contribution in [3.8, 4) is 6.07 Å². The van der Waals surface area contributed by atoms with Crippen molar-refractivity contribution in [3.05, 3.63) is 106 Å². The summed E-state index contributed by atoms with van der Waals surface area (Å²) in [5.74, 6) is -1.22. The van der Waals surface area contributed by atoms with Crippen LogP contribution >= 0.6 is 0 Å². The van der Waals surface area contributed by atoms with Gasteiger partial charge in [-0.05, 0) is 42.2 Å². The highest BCUT2D eigenvalue weighted by molar-refractivity contribution is 6.27. The molecule has 1 aliphatic carbocycles. The molecule has 0 amide bonds. The van der Waals surface area contributed by atoms with Crippen LogP contribution in [-0.4, -0.2) is 18.3 Å². The van der Waals surface area contributed by atoms with Gasteiger partial charge in [0.25, 0.3) is 0 Å². The van der Waals surface area contributed by atoms with Gasteiger partial charge in [0.15, 0.2) is 0 Å². The van der Waals surface area contributed by atoms with Gasteiger partial charge in [-0.15, -0.1) is 0 Å². The molecule has 5 heteroatoms. The molecule has 0 saturated heterocycles. The summed E-state index contributed by atoms with van der Waals surface area (Å²) in [6.07, 6.45) is 0. The van der Waals surface area contributed by atoms with E-state index in [0.717, 1.165) is 27.8 Å². The average molecular weight is 446 g/mol. The molecule has 0 spiro atoms. The van der Waals surface area contributed by atoms with Crippen LogP contribution in [0.2, 0.25) is 0 Å². The molecule has 3 aromatic rings. The Morgan fingerprint density at radius 1 is 1.00 bits per heavy atom. The van der Waals surface area contributed by atoms with Crippen molar-refractivity contribution in [3.63, 3.8) is 0 Å². The third-order valence-corrected chi connectivity index (χ3v) is 6.29. The number of nitrogens with zero attached hydrogens (tertiary/aromatic N) is 2. The fourth-order valence-electron chi connectivity index (χ4n) is 4.85. The quantitative estimate of drug-likeness (QED) is 0.543. The number of hydrogen-bond acceptors (Lipinski definition) is 5. The zero-order chi connectivity index (χ0) is 23.8. The molecule has 5 nitrogen and oxygen atoms in total. The Bertz CT molecular complexity index is 1440. The molecular formula is C29H23N3O2. The molecule has 166 valence electrons. The second-order valence-corrected chi connectivity index (χ2v) is 8.25. The molecule has 0 saturated carbocycles. The standard InChI is InChI=1S/C29H23N3O2/c1-3-34-29(33)26-23(18-10-6-4-7-11-18)25-24-21(32-28(26)19-12-8-5-9-13-19)15-14-17(2)22(24)20(16-30)27(25)31/h4-15,26H,3,31H2,1-2H3. The Morgan fingerprint density at radius 2 is 1.65 bits per heavy atom. The minimum absolute atomic E-state index is 0.237. The Morgan fingerprint density at radius 3 is 2.26 bits per heavy atom. The molecule has 1 atom stereocenters. The molecule has 1 heterocycles. The lowest BCUT2D eigenvalue weighted by Gasteiger charge is -2.23. The Labute approximate surface area is 198 Å². The van der Waals surface area contributed by atoms with Crippen LogP contribution in [0.1, 0.15) is 34.7 Å². The molecule has 0 aromatic heterocycles. The predicted octanol–water partition coefficient (Wildman–Crippen LogP) is 5.43. The van der Waals surface area contributed by atoms with E-state index in [4.69, 9.17) is 15.5 Å². The number of aryl methyl sites for hydroxylation is 1. The van der Waals surface area contributed by atoms with Crippen LogP contribution in [0.25, 0.3) is 16.7 Å². The largest absolute Gasteiger partial charge is 0.465 e. The molecule has 0 fully saturated rings. The molecule has 2 aliphatic rings. The second kappa shape index (κ2) is 8.49. The van der Waals surface area contributed by atoms with E-state index in [9.17, 15) is 10.1 Å². The van der Waals surface area contributed by atoms with Crippen molar-refractivity contribution in [1.29, 1.82) is 5.26 Å². The minimum Gasteiger partial charge on any atom is -0.465 e. The topological polar surface area (TPSA) is 88.5 Å². The zero-order valence-corrected chi connectivity index (χ0v) is 19.0. The summed E-state index contributed by atoms with van der Waals surface area (Å²) in [4.78, 5) is 18.7. The number of rotatable bonds is 4. The first-order chi connectivity index (χ1) is 16.6. The molecule has 0 radical (unpaired) electrons. The number of aliphatic imine (C=N–C) groups is 1. The highest BCUT2D eigenvalue weighted by Gasteiger charge is 2.41. The van der Waals surface area contributed by atoms with Gasteiger partial charge in [0, 0.05) is 16.7 Å².